The molecule has 1 aromatic heterocycles. The summed E-state index contributed by atoms with van der Waals surface area (Å²) in [6, 6.07) is 34.8. The molecule has 1 aliphatic rings. The van der Waals surface area contributed by atoms with Gasteiger partial charge in [-0.1, -0.05) is 128 Å². The molecule has 5 aromatic rings. The number of para-hydroxylation sites is 1. The van der Waals surface area contributed by atoms with Gasteiger partial charge in [0.1, 0.15) is 24.4 Å². The number of ether oxygens (including phenoxy) is 2. The van der Waals surface area contributed by atoms with Crippen molar-refractivity contribution in [2.45, 2.75) is 73.6 Å². The molecule has 258 valence electrons. The molecule has 2 heterocycles. The monoisotopic (exact) mass is 701 g/mol. The fraction of sp³-hybridized carbons (Fsp3) is 0.316. The van der Waals surface area contributed by atoms with Gasteiger partial charge in [0.25, 0.3) is 10.0 Å². The van der Waals surface area contributed by atoms with Crippen molar-refractivity contribution in [3.8, 4) is 0 Å². The Morgan fingerprint density at radius 2 is 1.31 bits per heavy atom. The average molecular weight is 702 g/mol. The van der Waals surface area contributed by atoms with Gasteiger partial charge in [-0.2, -0.15) is 0 Å². The number of nitrogens with zero attached hydrogens (tertiary/aromatic N) is 1. The van der Waals surface area contributed by atoms with E-state index < -0.39 is 59.6 Å². The van der Waals surface area contributed by atoms with E-state index in [0.29, 0.717) is 11.1 Å². The summed E-state index contributed by atoms with van der Waals surface area (Å²) in [5, 5.41) is 48.0. The normalized spacial score (nSPS) is 22.6. The summed E-state index contributed by atoms with van der Waals surface area (Å²) in [5.41, 5.74) is -0.0473. The lowest BCUT2D eigenvalue weighted by Gasteiger charge is -2.52. The minimum Gasteiger partial charge on any atom is -0.393 e. The SMILES string of the molecule is CC(C)(C)[Si](c1ccccc1)(c1ccccc1)C(O)[C@H]1O[C@H](OCCc2cn(S(=O)(=O)c3ccccc3)c3ccccc23)[C@H](O)[C@@H](O)[C@@H]1O. The van der Waals surface area contributed by atoms with E-state index in [1.807, 2.05) is 72.8 Å². The molecule has 6 rings (SSSR count). The molecule has 0 bridgehead atoms. The summed E-state index contributed by atoms with van der Waals surface area (Å²) in [5.74, 6) is 0. The molecule has 0 amide bonds. The van der Waals surface area contributed by atoms with Crippen LogP contribution in [-0.4, -0.2) is 83.9 Å². The van der Waals surface area contributed by atoms with E-state index in [2.05, 4.69) is 20.8 Å². The van der Waals surface area contributed by atoms with Gasteiger partial charge < -0.3 is 29.9 Å². The van der Waals surface area contributed by atoms with Crippen LogP contribution in [0.4, 0.5) is 0 Å². The first kappa shape index (κ1) is 35.2. The third kappa shape index (κ3) is 6.30. The summed E-state index contributed by atoms with van der Waals surface area (Å²) in [7, 11) is -7.13. The standard InChI is InChI=1S/C38H43NO8SSi/c1-38(2,3)49(28-17-9-5-10-18-28,29-19-11-6-12-20-29)36(43)35-33(41)32(40)34(42)37(47-35)46-24-23-26-25-39(31-22-14-13-21-30(26)31)48(44,45)27-15-7-4-8-16-27/h4-22,25,32-37,40-43H,23-24H2,1-3H3/t32-,33-,34+,35-,36?,37-/m0/s1. The second-order valence-electron chi connectivity index (χ2n) is 13.6. The van der Waals surface area contributed by atoms with Crippen LogP contribution in [-0.2, 0) is 25.9 Å². The van der Waals surface area contributed by atoms with Gasteiger partial charge in [0, 0.05) is 11.6 Å². The van der Waals surface area contributed by atoms with Crippen LogP contribution >= 0.6 is 0 Å². The molecule has 1 unspecified atom stereocenters. The Kier molecular flexibility index (Phi) is 10.0. The maximum absolute atomic E-state index is 13.6. The van der Waals surface area contributed by atoms with Crippen LogP contribution in [0.15, 0.2) is 126 Å². The second kappa shape index (κ2) is 13.9. The van der Waals surface area contributed by atoms with Crippen molar-refractivity contribution in [2.75, 3.05) is 6.61 Å². The number of hydrogen-bond acceptors (Lipinski definition) is 8. The fourth-order valence-electron chi connectivity index (χ4n) is 7.35. The first-order valence-corrected chi connectivity index (χ1v) is 19.9. The largest absolute Gasteiger partial charge is 0.393 e. The van der Waals surface area contributed by atoms with E-state index in [0.717, 1.165) is 15.8 Å². The van der Waals surface area contributed by atoms with E-state index in [1.165, 1.54) is 3.97 Å². The van der Waals surface area contributed by atoms with Gasteiger partial charge in [0.2, 0.25) is 0 Å². The molecule has 1 fully saturated rings. The molecule has 4 aromatic carbocycles. The lowest BCUT2D eigenvalue weighted by Crippen LogP contribution is -2.77. The molecule has 0 spiro atoms. The molecular formula is C38H43NO8SSi. The molecule has 6 atom stereocenters. The van der Waals surface area contributed by atoms with Crippen LogP contribution in [0.5, 0.6) is 0 Å². The Balaban J connectivity index is 1.29. The molecule has 11 heteroatoms. The maximum atomic E-state index is 13.6. The molecule has 4 N–H and O–H groups in total. The first-order valence-electron chi connectivity index (χ1n) is 16.4. The third-order valence-electron chi connectivity index (χ3n) is 9.72. The second-order valence-corrected chi connectivity index (χ2v) is 20.3. The third-order valence-corrected chi connectivity index (χ3v) is 17.5. The zero-order valence-corrected chi connectivity index (χ0v) is 29.5. The van der Waals surface area contributed by atoms with Crippen molar-refractivity contribution in [3.63, 3.8) is 0 Å². The molecule has 0 aliphatic carbocycles. The topological polar surface area (TPSA) is 138 Å². The molecule has 0 saturated carbocycles. The molecule has 49 heavy (non-hydrogen) atoms. The predicted molar refractivity (Wildman–Crippen MR) is 191 cm³/mol. The summed E-state index contributed by atoms with van der Waals surface area (Å²) < 4.78 is 40.6. The lowest BCUT2D eigenvalue weighted by molar-refractivity contribution is -0.304. The number of aliphatic hydroxyl groups excluding tert-OH is 4. The highest BCUT2D eigenvalue weighted by atomic mass is 32.2. The number of hydrogen-bond donors (Lipinski definition) is 4. The summed E-state index contributed by atoms with van der Waals surface area (Å²) in [4.78, 5) is 0.162. The van der Waals surface area contributed by atoms with Crippen molar-refractivity contribution in [1.82, 2.24) is 3.97 Å². The summed E-state index contributed by atoms with van der Waals surface area (Å²) >= 11 is 0. The Labute approximate surface area is 288 Å². The van der Waals surface area contributed by atoms with Crippen molar-refractivity contribution >= 4 is 39.4 Å². The Bertz CT molecular complexity index is 1930. The van der Waals surface area contributed by atoms with Gasteiger partial charge in [-0.25, -0.2) is 12.4 Å². The van der Waals surface area contributed by atoms with E-state index >= 15 is 0 Å². The number of aliphatic hydroxyl groups is 4. The highest BCUT2D eigenvalue weighted by Gasteiger charge is 2.59. The summed E-state index contributed by atoms with van der Waals surface area (Å²) in [6.45, 7) is 6.17. The van der Waals surface area contributed by atoms with Gasteiger partial charge >= 0.3 is 0 Å². The first-order chi connectivity index (χ1) is 23.4. The van der Waals surface area contributed by atoms with Crippen LogP contribution in [0.2, 0.25) is 5.04 Å². The summed E-state index contributed by atoms with van der Waals surface area (Å²) in [6.07, 6.45) is -5.71. The van der Waals surface area contributed by atoms with Crippen LogP contribution in [0.3, 0.4) is 0 Å². The van der Waals surface area contributed by atoms with Crippen molar-refractivity contribution in [2.24, 2.45) is 0 Å². The molecule has 1 aliphatic heterocycles. The van der Waals surface area contributed by atoms with E-state index in [-0.39, 0.29) is 17.9 Å². The van der Waals surface area contributed by atoms with Gasteiger partial charge in [0.15, 0.2) is 14.4 Å². The van der Waals surface area contributed by atoms with Crippen LogP contribution in [0.25, 0.3) is 10.9 Å². The Morgan fingerprint density at radius 1 is 0.776 bits per heavy atom. The van der Waals surface area contributed by atoms with Crippen molar-refractivity contribution < 1.29 is 38.3 Å². The smallest absolute Gasteiger partial charge is 0.268 e. The number of aromatic nitrogens is 1. The van der Waals surface area contributed by atoms with E-state index in [4.69, 9.17) is 9.47 Å². The van der Waals surface area contributed by atoms with Crippen LogP contribution in [0, 0.1) is 0 Å². The zero-order valence-electron chi connectivity index (χ0n) is 27.7. The molecule has 0 radical (unpaired) electrons. The van der Waals surface area contributed by atoms with Crippen LogP contribution < -0.4 is 10.4 Å². The van der Waals surface area contributed by atoms with Gasteiger partial charge in [-0.15, -0.1) is 0 Å². The number of fused-ring (bicyclic) bond motifs is 1. The average Bonchev–Trinajstić information content (AvgIpc) is 3.48. The number of benzene rings is 4. The lowest BCUT2D eigenvalue weighted by atomic mass is 9.99. The zero-order chi connectivity index (χ0) is 35.0. The van der Waals surface area contributed by atoms with Crippen LogP contribution in [0.1, 0.15) is 26.3 Å². The van der Waals surface area contributed by atoms with E-state index in [1.54, 1.807) is 48.7 Å². The maximum Gasteiger partial charge on any atom is 0.268 e. The minimum atomic E-state index is -3.87. The van der Waals surface area contributed by atoms with E-state index in [9.17, 15) is 28.8 Å². The van der Waals surface area contributed by atoms with Gasteiger partial charge in [0.05, 0.1) is 22.7 Å². The fourth-order valence-corrected chi connectivity index (χ4v) is 14.6. The minimum absolute atomic E-state index is 0.00797. The Hall–Kier alpha value is -3.65. The Morgan fingerprint density at radius 3 is 1.88 bits per heavy atom. The highest BCUT2D eigenvalue weighted by Crippen LogP contribution is 2.41. The van der Waals surface area contributed by atoms with Gasteiger partial charge in [-0.05, 0) is 35.2 Å². The highest BCUT2D eigenvalue weighted by molar-refractivity contribution is 7.90. The molecule has 1 saturated heterocycles. The van der Waals surface area contributed by atoms with Gasteiger partial charge in [-0.3, -0.25) is 0 Å². The molecule has 9 nitrogen and oxygen atoms in total. The number of rotatable bonds is 10. The van der Waals surface area contributed by atoms with Crippen molar-refractivity contribution in [3.05, 3.63) is 127 Å². The molecular weight excluding hydrogens is 659 g/mol. The predicted octanol–water partition coefficient (Wildman–Crippen LogP) is 3.21. The van der Waals surface area contributed by atoms with Crippen molar-refractivity contribution in [1.29, 1.82) is 0 Å². The quantitative estimate of drug-likeness (QED) is 0.163.